The molecule has 1 heterocycles. The zero-order valence-electron chi connectivity index (χ0n) is 17.2. The van der Waals surface area contributed by atoms with Gasteiger partial charge in [-0.2, -0.15) is 0 Å². The van der Waals surface area contributed by atoms with Crippen LogP contribution in [0.25, 0.3) is 0 Å². The lowest BCUT2D eigenvalue weighted by Gasteiger charge is -2.51. The van der Waals surface area contributed by atoms with Crippen molar-refractivity contribution in [2.45, 2.75) is 44.2 Å². The van der Waals surface area contributed by atoms with Gasteiger partial charge in [0, 0.05) is 23.9 Å². The minimum absolute atomic E-state index is 0.135. The lowest BCUT2D eigenvalue weighted by molar-refractivity contribution is -0.145. The number of hydrogen-bond acceptors (Lipinski definition) is 6. The molecule has 0 amide bonds. The second-order valence-corrected chi connectivity index (χ2v) is 7.60. The van der Waals surface area contributed by atoms with Crippen molar-refractivity contribution in [2.75, 3.05) is 27.8 Å². The molecule has 3 unspecified atom stereocenters. The number of piperidine rings is 1. The van der Waals surface area contributed by atoms with E-state index >= 15 is 0 Å². The maximum absolute atomic E-state index is 11.4. The number of phenolic OH excluding ortho intramolecular Hbond substituents is 1. The van der Waals surface area contributed by atoms with Gasteiger partial charge in [0.1, 0.15) is 5.76 Å². The molecule has 1 fully saturated rings. The van der Waals surface area contributed by atoms with Crippen molar-refractivity contribution < 1.29 is 24.1 Å². The van der Waals surface area contributed by atoms with Crippen LogP contribution in [0.4, 0.5) is 0 Å². The fourth-order valence-electron chi connectivity index (χ4n) is 4.58. The first-order valence-electron chi connectivity index (χ1n) is 9.48. The molecule has 28 heavy (non-hydrogen) atoms. The number of fused-ring (bicyclic) bond motifs is 4. The number of allylic oxidation sites excluding steroid dienone is 1. The van der Waals surface area contributed by atoms with E-state index in [1.54, 1.807) is 27.2 Å². The van der Waals surface area contributed by atoms with Gasteiger partial charge in [-0.3, -0.25) is 9.69 Å². The highest BCUT2D eigenvalue weighted by atomic mass is 16.6. The molecule has 0 aromatic heterocycles. The van der Waals surface area contributed by atoms with Gasteiger partial charge in [0.05, 0.1) is 14.2 Å². The smallest absolute Gasteiger partial charge is 0.303 e. The number of hydrogen-bond donors (Lipinski definition) is 1. The van der Waals surface area contributed by atoms with E-state index in [2.05, 4.69) is 18.5 Å². The van der Waals surface area contributed by atoms with Gasteiger partial charge in [-0.1, -0.05) is 12.6 Å². The zero-order valence-corrected chi connectivity index (χ0v) is 17.2. The predicted octanol–water partition coefficient (Wildman–Crippen LogP) is 2.94. The van der Waals surface area contributed by atoms with E-state index in [-0.39, 0.29) is 17.8 Å². The summed E-state index contributed by atoms with van der Waals surface area (Å²) in [5, 5.41) is 11.0. The van der Waals surface area contributed by atoms with Crippen molar-refractivity contribution in [3.05, 3.63) is 47.2 Å². The van der Waals surface area contributed by atoms with Crippen molar-refractivity contribution >= 4 is 5.97 Å². The Labute approximate surface area is 166 Å². The van der Waals surface area contributed by atoms with Crippen LogP contribution < -0.4 is 4.74 Å². The van der Waals surface area contributed by atoms with E-state index in [9.17, 15) is 9.90 Å². The molecule has 1 aromatic rings. The van der Waals surface area contributed by atoms with Crippen molar-refractivity contribution in [1.82, 2.24) is 4.90 Å². The summed E-state index contributed by atoms with van der Waals surface area (Å²) >= 11 is 0. The SMILES string of the molecule is C=C1C2Cc3ccc(OC)c(O)c3C1(/C=C(/OC)C(C)OC(C)=O)CCN2C. The molecule has 152 valence electrons. The first kappa shape index (κ1) is 20.3. The third-order valence-electron chi connectivity index (χ3n) is 6.04. The average molecular weight is 387 g/mol. The Morgan fingerprint density at radius 2 is 2.14 bits per heavy atom. The van der Waals surface area contributed by atoms with Gasteiger partial charge in [-0.15, -0.1) is 0 Å². The Balaban J connectivity index is 2.22. The first-order chi connectivity index (χ1) is 13.2. The van der Waals surface area contributed by atoms with Crippen LogP contribution in [-0.2, 0) is 26.1 Å². The van der Waals surface area contributed by atoms with E-state index in [1.807, 2.05) is 12.1 Å². The van der Waals surface area contributed by atoms with Crippen LogP contribution in [-0.4, -0.2) is 55.9 Å². The van der Waals surface area contributed by atoms with Crippen LogP contribution in [0.2, 0.25) is 0 Å². The Hall–Kier alpha value is -2.47. The summed E-state index contributed by atoms with van der Waals surface area (Å²) in [6.07, 6.45) is 2.94. The van der Waals surface area contributed by atoms with Crippen molar-refractivity contribution in [2.24, 2.45) is 0 Å². The molecule has 1 aliphatic carbocycles. The molecule has 6 heteroatoms. The number of likely N-dealkylation sites (N-methyl/N-ethyl adjacent to an activating group) is 1. The number of ether oxygens (including phenoxy) is 3. The number of benzene rings is 1. The van der Waals surface area contributed by atoms with Gasteiger partial charge in [0.25, 0.3) is 0 Å². The number of esters is 1. The highest BCUT2D eigenvalue weighted by Crippen LogP contribution is 2.54. The normalized spacial score (nSPS) is 25.7. The van der Waals surface area contributed by atoms with Crippen LogP contribution in [0.5, 0.6) is 11.5 Å². The summed E-state index contributed by atoms with van der Waals surface area (Å²) in [6, 6.07) is 3.97. The first-order valence-corrected chi connectivity index (χ1v) is 9.48. The molecular weight excluding hydrogens is 358 g/mol. The molecule has 3 atom stereocenters. The molecule has 1 N–H and O–H groups in total. The molecule has 1 aliphatic heterocycles. The summed E-state index contributed by atoms with van der Waals surface area (Å²) < 4.78 is 16.3. The Bertz CT molecular complexity index is 830. The second-order valence-electron chi connectivity index (χ2n) is 7.60. The molecule has 1 saturated heterocycles. The van der Waals surface area contributed by atoms with Gasteiger partial charge in [-0.05, 0) is 56.6 Å². The van der Waals surface area contributed by atoms with Crippen LogP contribution >= 0.6 is 0 Å². The Morgan fingerprint density at radius 3 is 2.75 bits per heavy atom. The number of likely N-dealkylation sites (tertiary alicyclic amines) is 1. The number of carbonyl (C=O) groups is 1. The summed E-state index contributed by atoms with van der Waals surface area (Å²) in [5.74, 6) is 0.732. The maximum atomic E-state index is 11.4. The van der Waals surface area contributed by atoms with Crippen molar-refractivity contribution in [3.63, 3.8) is 0 Å². The molecular formula is C22H29NO5. The topological polar surface area (TPSA) is 68.2 Å². The maximum Gasteiger partial charge on any atom is 0.303 e. The minimum atomic E-state index is -0.622. The van der Waals surface area contributed by atoms with Gasteiger partial charge in [-0.25, -0.2) is 0 Å². The number of nitrogens with zero attached hydrogens (tertiary/aromatic N) is 1. The van der Waals surface area contributed by atoms with E-state index in [1.165, 1.54) is 6.92 Å². The number of methoxy groups -OCH3 is 2. The largest absolute Gasteiger partial charge is 0.504 e. The standard InChI is InChI=1S/C22H29NO5/c1-13-17-11-16-7-8-18(26-5)21(25)20(16)22(13,9-10-23(17)4)12-19(27-6)14(2)28-15(3)24/h7-8,12,14,17,25H,1,9-11H2,2-6H3/b19-12+. The average Bonchev–Trinajstić information content (AvgIpc) is 2.64. The van der Waals surface area contributed by atoms with Gasteiger partial charge in [0.15, 0.2) is 17.6 Å². The van der Waals surface area contributed by atoms with Gasteiger partial charge < -0.3 is 19.3 Å². The number of phenols is 1. The van der Waals surface area contributed by atoms with Crippen molar-refractivity contribution in [1.29, 1.82) is 0 Å². The molecule has 1 aromatic carbocycles. The van der Waals surface area contributed by atoms with E-state index < -0.39 is 11.5 Å². The summed E-state index contributed by atoms with van der Waals surface area (Å²) in [5.41, 5.74) is 2.25. The highest BCUT2D eigenvalue weighted by Gasteiger charge is 2.49. The highest BCUT2D eigenvalue weighted by molar-refractivity contribution is 5.66. The second kappa shape index (κ2) is 7.51. The summed E-state index contributed by atoms with van der Waals surface area (Å²) in [4.78, 5) is 13.7. The van der Waals surface area contributed by atoms with Crippen LogP contribution in [0.15, 0.2) is 36.1 Å². The third kappa shape index (κ3) is 3.15. The van der Waals surface area contributed by atoms with E-state index in [4.69, 9.17) is 14.2 Å². The monoisotopic (exact) mass is 387 g/mol. The molecule has 3 rings (SSSR count). The van der Waals surface area contributed by atoms with E-state index in [0.717, 1.165) is 36.1 Å². The number of aromatic hydroxyl groups is 1. The lowest BCUT2D eigenvalue weighted by atomic mass is 9.60. The van der Waals surface area contributed by atoms with E-state index in [0.29, 0.717) is 11.5 Å². The fraction of sp³-hybridized carbons (Fsp3) is 0.500. The van der Waals surface area contributed by atoms with Crippen LogP contribution in [0.1, 0.15) is 31.4 Å². The Kier molecular flexibility index (Phi) is 5.44. The predicted molar refractivity (Wildman–Crippen MR) is 107 cm³/mol. The Morgan fingerprint density at radius 1 is 1.43 bits per heavy atom. The summed E-state index contributed by atoms with van der Waals surface area (Å²) in [6.45, 7) is 8.42. The molecule has 0 spiro atoms. The minimum Gasteiger partial charge on any atom is -0.504 e. The molecule has 0 saturated carbocycles. The third-order valence-corrected chi connectivity index (χ3v) is 6.04. The quantitative estimate of drug-likeness (QED) is 0.476. The molecule has 0 radical (unpaired) electrons. The van der Waals surface area contributed by atoms with Gasteiger partial charge in [0.2, 0.25) is 0 Å². The fourth-order valence-corrected chi connectivity index (χ4v) is 4.58. The summed E-state index contributed by atoms with van der Waals surface area (Å²) in [7, 11) is 5.20. The van der Waals surface area contributed by atoms with Crippen molar-refractivity contribution in [3.8, 4) is 11.5 Å². The van der Waals surface area contributed by atoms with Gasteiger partial charge >= 0.3 is 5.97 Å². The number of carbonyl (C=O) groups excluding carboxylic acids is 1. The molecule has 6 nitrogen and oxygen atoms in total. The molecule has 2 bridgehead atoms. The number of rotatable bonds is 5. The van der Waals surface area contributed by atoms with Crippen LogP contribution in [0.3, 0.4) is 0 Å². The lowest BCUT2D eigenvalue weighted by Crippen LogP contribution is -2.53. The molecule has 2 aliphatic rings. The zero-order chi connectivity index (χ0) is 20.6. The van der Waals surface area contributed by atoms with Crippen LogP contribution in [0, 0.1) is 0 Å².